The Morgan fingerprint density at radius 1 is 1.29 bits per heavy atom. The number of likely N-dealkylation sites (N-methyl/N-ethyl adjacent to an activating group) is 1. The Morgan fingerprint density at radius 2 is 2.05 bits per heavy atom. The summed E-state index contributed by atoms with van der Waals surface area (Å²) >= 11 is 3.25. The van der Waals surface area contributed by atoms with E-state index in [1.165, 1.54) is 17.2 Å². The molecular weight excluding hydrogens is 333 g/mol. The second-order valence-corrected chi connectivity index (χ2v) is 5.90. The fraction of sp³-hybridized carbons (Fsp3) is 0.294. The molecule has 1 N–H and O–H groups in total. The molecule has 0 radical (unpaired) electrons. The lowest BCUT2D eigenvalue weighted by Gasteiger charge is -2.20. The molecular formula is C17H19BrFNO. The number of rotatable bonds is 5. The predicted octanol–water partition coefficient (Wildman–Crippen LogP) is 4.41. The highest BCUT2D eigenvalue weighted by Crippen LogP contribution is 2.32. The SMILES string of the molecule is CNC(Cc1cccc(C)c1)c1cc(Br)c(F)cc1OC. The van der Waals surface area contributed by atoms with Crippen molar-refractivity contribution in [1.82, 2.24) is 5.32 Å². The number of hydrogen-bond donors (Lipinski definition) is 1. The van der Waals surface area contributed by atoms with Crippen LogP contribution in [0, 0.1) is 12.7 Å². The van der Waals surface area contributed by atoms with Gasteiger partial charge in [0.2, 0.25) is 0 Å². The molecule has 2 nitrogen and oxygen atoms in total. The fourth-order valence-electron chi connectivity index (χ4n) is 2.44. The van der Waals surface area contributed by atoms with Gasteiger partial charge in [0.1, 0.15) is 11.6 Å². The van der Waals surface area contributed by atoms with Crippen LogP contribution >= 0.6 is 15.9 Å². The predicted molar refractivity (Wildman–Crippen MR) is 87.3 cm³/mol. The maximum absolute atomic E-state index is 13.6. The van der Waals surface area contributed by atoms with Gasteiger partial charge in [-0.25, -0.2) is 4.39 Å². The van der Waals surface area contributed by atoms with Crippen LogP contribution in [0.3, 0.4) is 0 Å². The number of aryl methyl sites for hydroxylation is 1. The number of nitrogens with one attached hydrogen (secondary N) is 1. The summed E-state index contributed by atoms with van der Waals surface area (Å²) in [6.07, 6.45) is 0.812. The molecule has 1 atom stereocenters. The van der Waals surface area contributed by atoms with Crippen molar-refractivity contribution in [2.75, 3.05) is 14.2 Å². The van der Waals surface area contributed by atoms with E-state index in [2.05, 4.69) is 52.4 Å². The lowest BCUT2D eigenvalue weighted by atomic mass is 9.97. The Balaban J connectivity index is 2.35. The standard InChI is InChI=1S/C17H19BrFNO/c1-11-5-4-6-12(7-11)8-16(20-2)13-9-14(18)15(19)10-17(13)21-3/h4-7,9-10,16,20H,8H2,1-3H3. The molecule has 0 heterocycles. The molecule has 0 spiro atoms. The van der Waals surface area contributed by atoms with Crippen molar-refractivity contribution in [2.24, 2.45) is 0 Å². The third kappa shape index (κ3) is 3.83. The van der Waals surface area contributed by atoms with Crippen LogP contribution in [0.15, 0.2) is 40.9 Å². The molecule has 2 aromatic carbocycles. The molecule has 0 aliphatic carbocycles. The number of benzene rings is 2. The van der Waals surface area contributed by atoms with Gasteiger partial charge in [-0.3, -0.25) is 0 Å². The molecule has 0 fully saturated rings. The minimum absolute atomic E-state index is 0.0543. The maximum atomic E-state index is 13.6. The second kappa shape index (κ2) is 7.05. The highest BCUT2D eigenvalue weighted by atomic mass is 79.9. The van der Waals surface area contributed by atoms with Crippen LogP contribution in [-0.4, -0.2) is 14.2 Å². The van der Waals surface area contributed by atoms with E-state index >= 15 is 0 Å². The Labute approximate surface area is 133 Å². The van der Waals surface area contributed by atoms with Crippen molar-refractivity contribution in [3.05, 3.63) is 63.4 Å². The first-order chi connectivity index (χ1) is 10.0. The molecule has 0 saturated carbocycles. The van der Waals surface area contributed by atoms with Crippen LogP contribution in [-0.2, 0) is 6.42 Å². The normalized spacial score (nSPS) is 12.2. The number of ether oxygens (including phenoxy) is 1. The highest BCUT2D eigenvalue weighted by molar-refractivity contribution is 9.10. The second-order valence-electron chi connectivity index (χ2n) is 5.04. The Hall–Kier alpha value is -1.39. The van der Waals surface area contributed by atoms with Crippen LogP contribution < -0.4 is 10.1 Å². The third-order valence-electron chi connectivity index (χ3n) is 3.52. The highest BCUT2D eigenvalue weighted by Gasteiger charge is 2.17. The van der Waals surface area contributed by atoms with Crippen molar-refractivity contribution >= 4 is 15.9 Å². The molecule has 0 bridgehead atoms. The van der Waals surface area contributed by atoms with Gasteiger partial charge in [0.15, 0.2) is 0 Å². The van der Waals surface area contributed by atoms with Gasteiger partial charge >= 0.3 is 0 Å². The van der Waals surface area contributed by atoms with E-state index in [1.807, 2.05) is 7.05 Å². The van der Waals surface area contributed by atoms with E-state index < -0.39 is 0 Å². The van der Waals surface area contributed by atoms with Crippen LogP contribution in [0.4, 0.5) is 4.39 Å². The van der Waals surface area contributed by atoms with Crippen molar-refractivity contribution in [2.45, 2.75) is 19.4 Å². The average molecular weight is 352 g/mol. The quantitative estimate of drug-likeness (QED) is 0.861. The molecule has 1 unspecified atom stereocenters. The summed E-state index contributed by atoms with van der Waals surface area (Å²) < 4.78 is 19.4. The van der Waals surface area contributed by atoms with Crippen molar-refractivity contribution < 1.29 is 9.13 Å². The van der Waals surface area contributed by atoms with Gasteiger partial charge in [0, 0.05) is 17.7 Å². The summed E-state index contributed by atoms with van der Waals surface area (Å²) in [5.74, 6) is 0.240. The number of halogens is 2. The molecule has 0 amide bonds. The largest absolute Gasteiger partial charge is 0.496 e. The first kappa shape index (κ1) is 16.0. The Kier molecular flexibility index (Phi) is 5.37. The van der Waals surface area contributed by atoms with Crippen molar-refractivity contribution in [3.63, 3.8) is 0 Å². The zero-order chi connectivity index (χ0) is 15.4. The van der Waals surface area contributed by atoms with E-state index in [1.54, 1.807) is 13.2 Å². The van der Waals surface area contributed by atoms with Crippen molar-refractivity contribution in [1.29, 1.82) is 0 Å². The molecule has 0 aliphatic rings. The van der Waals surface area contributed by atoms with Gasteiger partial charge in [-0.1, -0.05) is 29.8 Å². The van der Waals surface area contributed by atoms with Crippen LogP contribution in [0.1, 0.15) is 22.7 Å². The summed E-state index contributed by atoms with van der Waals surface area (Å²) in [6, 6.07) is 11.6. The molecule has 21 heavy (non-hydrogen) atoms. The topological polar surface area (TPSA) is 21.3 Å². The summed E-state index contributed by atoms with van der Waals surface area (Å²) in [5.41, 5.74) is 3.40. The smallest absolute Gasteiger partial charge is 0.141 e. The Morgan fingerprint density at radius 3 is 2.67 bits per heavy atom. The minimum atomic E-state index is -0.319. The molecule has 2 rings (SSSR count). The van der Waals surface area contributed by atoms with E-state index in [0.717, 1.165) is 12.0 Å². The maximum Gasteiger partial charge on any atom is 0.141 e. The van der Waals surface area contributed by atoms with Gasteiger partial charge in [-0.05, 0) is 48.0 Å². The molecule has 4 heteroatoms. The first-order valence-corrected chi connectivity index (χ1v) is 7.60. The number of hydrogen-bond acceptors (Lipinski definition) is 2. The van der Waals surface area contributed by atoms with Crippen LogP contribution in [0.2, 0.25) is 0 Å². The van der Waals surface area contributed by atoms with Crippen molar-refractivity contribution in [3.8, 4) is 5.75 Å². The van der Waals surface area contributed by atoms with E-state index in [9.17, 15) is 4.39 Å². The van der Waals surface area contributed by atoms with Gasteiger partial charge in [-0.2, -0.15) is 0 Å². The summed E-state index contributed by atoms with van der Waals surface area (Å²) in [6.45, 7) is 2.08. The monoisotopic (exact) mass is 351 g/mol. The van der Waals surface area contributed by atoms with Crippen LogP contribution in [0.5, 0.6) is 5.75 Å². The molecule has 0 saturated heterocycles. The summed E-state index contributed by atoms with van der Waals surface area (Å²) in [5, 5.41) is 3.28. The third-order valence-corrected chi connectivity index (χ3v) is 4.13. The summed E-state index contributed by atoms with van der Waals surface area (Å²) in [7, 11) is 3.46. The molecule has 0 aromatic heterocycles. The zero-order valence-electron chi connectivity index (χ0n) is 12.4. The van der Waals surface area contributed by atoms with Gasteiger partial charge in [0.25, 0.3) is 0 Å². The zero-order valence-corrected chi connectivity index (χ0v) is 14.0. The van der Waals surface area contributed by atoms with E-state index in [0.29, 0.717) is 10.2 Å². The van der Waals surface area contributed by atoms with E-state index in [4.69, 9.17) is 4.74 Å². The minimum Gasteiger partial charge on any atom is -0.496 e. The average Bonchev–Trinajstić information content (AvgIpc) is 2.47. The molecule has 112 valence electrons. The Bertz CT molecular complexity index is 630. The summed E-state index contributed by atoms with van der Waals surface area (Å²) in [4.78, 5) is 0. The molecule has 0 aliphatic heterocycles. The molecule has 2 aromatic rings. The number of methoxy groups -OCH3 is 1. The van der Waals surface area contributed by atoms with Gasteiger partial charge < -0.3 is 10.1 Å². The van der Waals surface area contributed by atoms with Gasteiger partial charge in [0.05, 0.1) is 11.6 Å². The van der Waals surface area contributed by atoms with Crippen LogP contribution in [0.25, 0.3) is 0 Å². The first-order valence-electron chi connectivity index (χ1n) is 6.81. The lowest BCUT2D eigenvalue weighted by molar-refractivity contribution is 0.397. The van der Waals surface area contributed by atoms with E-state index in [-0.39, 0.29) is 11.9 Å². The lowest BCUT2D eigenvalue weighted by Crippen LogP contribution is -2.20. The van der Waals surface area contributed by atoms with Gasteiger partial charge in [-0.15, -0.1) is 0 Å². The fourth-order valence-corrected chi connectivity index (χ4v) is 2.80.